The first-order chi connectivity index (χ1) is 6.06. The Bertz CT molecular complexity index is 350. The van der Waals surface area contributed by atoms with Gasteiger partial charge >= 0.3 is 5.97 Å². The van der Waals surface area contributed by atoms with Crippen LogP contribution in [-0.2, 0) is 4.84 Å². The van der Waals surface area contributed by atoms with Gasteiger partial charge in [0, 0.05) is 4.47 Å². The number of carbonyl (C=O) groups excluding carboxylic acids is 1. The third-order valence-electron chi connectivity index (χ3n) is 1.96. The molecule has 70 valence electrons. The van der Waals surface area contributed by atoms with Gasteiger partial charge in [0.1, 0.15) is 0 Å². The SMILES string of the molecule is Cc1cc(Br)cc(C(=O)ON)c1C. The highest BCUT2D eigenvalue weighted by Gasteiger charge is 2.11. The Morgan fingerprint density at radius 1 is 1.46 bits per heavy atom. The first kappa shape index (κ1) is 10.2. The lowest BCUT2D eigenvalue weighted by atomic mass is 10.0. The molecule has 13 heavy (non-hydrogen) atoms. The smallest absolute Gasteiger partial charge is 0.356 e. The van der Waals surface area contributed by atoms with E-state index in [0.717, 1.165) is 15.6 Å². The first-order valence-electron chi connectivity index (χ1n) is 3.74. The van der Waals surface area contributed by atoms with Gasteiger partial charge in [0.2, 0.25) is 0 Å². The van der Waals surface area contributed by atoms with Crippen LogP contribution in [0.3, 0.4) is 0 Å². The summed E-state index contributed by atoms with van der Waals surface area (Å²) in [5.41, 5.74) is 2.41. The maximum atomic E-state index is 11.2. The summed E-state index contributed by atoms with van der Waals surface area (Å²) in [6, 6.07) is 3.63. The number of hydrogen-bond donors (Lipinski definition) is 1. The van der Waals surface area contributed by atoms with E-state index in [9.17, 15) is 4.79 Å². The van der Waals surface area contributed by atoms with Crippen molar-refractivity contribution in [1.82, 2.24) is 0 Å². The quantitative estimate of drug-likeness (QED) is 0.769. The molecule has 0 spiro atoms. The molecule has 0 heterocycles. The molecule has 1 aromatic rings. The van der Waals surface area contributed by atoms with E-state index in [1.54, 1.807) is 6.07 Å². The van der Waals surface area contributed by atoms with Gasteiger partial charge in [-0.25, -0.2) is 4.79 Å². The zero-order chi connectivity index (χ0) is 10.0. The van der Waals surface area contributed by atoms with Crippen LogP contribution in [0.4, 0.5) is 0 Å². The van der Waals surface area contributed by atoms with Crippen LogP contribution in [0.2, 0.25) is 0 Å². The molecule has 4 heteroatoms. The average molecular weight is 244 g/mol. The van der Waals surface area contributed by atoms with Crippen molar-refractivity contribution in [3.8, 4) is 0 Å². The molecule has 0 saturated carbocycles. The minimum absolute atomic E-state index is 0.495. The summed E-state index contributed by atoms with van der Waals surface area (Å²) >= 11 is 3.30. The number of carbonyl (C=O) groups is 1. The van der Waals surface area contributed by atoms with E-state index in [-0.39, 0.29) is 0 Å². The fraction of sp³-hybridized carbons (Fsp3) is 0.222. The van der Waals surface area contributed by atoms with E-state index in [4.69, 9.17) is 5.90 Å². The number of hydrogen-bond acceptors (Lipinski definition) is 3. The summed E-state index contributed by atoms with van der Waals surface area (Å²) < 4.78 is 0.844. The van der Waals surface area contributed by atoms with Crippen molar-refractivity contribution < 1.29 is 9.63 Å². The summed E-state index contributed by atoms with van der Waals surface area (Å²) in [6.07, 6.45) is 0. The lowest BCUT2D eigenvalue weighted by Crippen LogP contribution is -2.12. The molecule has 1 rings (SSSR count). The molecule has 0 unspecified atom stereocenters. The van der Waals surface area contributed by atoms with E-state index in [1.165, 1.54) is 0 Å². The number of halogens is 1. The molecule has 2 N–H and O–H groups in total. The summed E-state index contributed by atoms with van der Waals surface area (Å²) in [6.45, 7) is 3.78. The van der Waals surface area contributed by atoms with Crippen LogP contribution < -0.4 is 5.90 Å². The third-order valence-corrected chi connectivity index (χ3v) is 2.42. The monoisotopic (exact) mass is 243 g/mol. The van der Waals surface area contributed by atoms with Gasteiger partial charge in [0.15, 0.2) is 0 Å². The van der Waals surface area contributed by atoms with Gasteiger partial charge in [0.05, 0.1) is 5.56 Å². The molecule has 0 radical (unpaired) electrons. The Kier molecular flexibility index (Phi) is 3.06. The van der Waals surface area contributed by atoms with Crippen molar-refractivity contribution in [2.24, 2.45) is 5.90 Å². The Morgan fingerprint density at radius 2 is 2.08 bits per heavy atom. The molecular formula is C9H10BrNO2. The molecule has 0 aliphatic rings. The van der Waals surface area contributed by atoms with E-state index in [0.29, 0.717) is 5.56 Å². The maximum Gasteiger partial charge on any atom is 0.356 e. The van der Waals surface area contributed by atoms with E-state index in [1.807, 2.05) is 19.9 Å². The lowest BCUT2D eigenvalue weighted by Gasteiger charge is -2.06. The summed E-state index contributed by atoms with van der Waals surface area (Å²) in [5, 5.41) is 0. The lowest BCUT2D eigenvalue weighted by molar-refractivity contribution is 0.0502. The molecule has 0 aromatic heterocycles. The van der Waals surface area contributed by atoms with Gasteiger partial charge in [-0.3, -0.25) is 0 Å². The molecule has 0 aliphatic heterocycles. The number of rotatable bonds is 1. The van der Waals surface area contributed by atoms with Gasteiger partial charge < -0.3 is 4.84 Å². The topological polar surface area (TPSA) is 52.3 Å². The number of benzene rings is 1. The normalized spacial score (nSPS) is 9.85. The number of nitrogens with two attached hydrogens (primary N) is 1. The van der Waals surface area contributed by atoms with Gasteiger partial charge in [0.25, 0.3) is 0 Å². The second kappa shape index (κ2) is 3.89. The highest BCUT2D eigenvalue weighted by Crippen LogP contribution is 2.20. The zero-order valence-electron chi connectivity index (χ0n) is 7.43. The van der Waals surface area contributed by atoms with Crippen molar-refractivity contribution in [3.63, 3.8) is 0 Å². The van der Waals surface area contributed by atoms with Crippen LogP contribution in [0.5, 0.6) is 0 Å². The second-order valence-corrected chi connectivity index (χ2v) is 3.72. The largest absolute Gasteiger partial charge is 0.370 e. The molecule has 0 fully saturated rings. The minimum atomic E-state index is -0.512. The molecule has 0 amide bonds. The van der Waals surface area contributed by atoms with E-state index < -0.39 is 5.97 Å². The summed E-state index contributed by atoms with van der Waals surface area (Å²) in [7, 11) is 0. The molecule has 0 aliphatic carbocycles. The van der Waals surface area contributed by atoms with Crippen LogP contribution in [0.15, 0.2) is 16.6 Å². The fourth-order valence-electron chi connectivity index (χ4n) is 1.09. The molecule has 3 nitrogen and oxygen atoms in total. The van der Waals surface area contributed by atoms with Gasteiger partial charge in [-0.2, -0.15) is 5.90 Å². The third kappa shape index (κ3) is 2.08. The molecule has 1 aromatic carbocycles. The fourth-order valence-corrected chi connectivity index (χ4v) is 1.66. The first-order valence-corrected chi connectivity index (χ1v) is 4.53. The second-order valence-electron chi connectivity index (χ2n) is 2.80. The molecular weight excluding hydrogens is 234 g/mol. The minimum Gasteiger partial charge on any atom is -0.370 e. The molecule has 0 bridgehead atoms. The standard InChI is InChI=1S/C9H10BrNO2/c1-5-3-7(10)4-8(6(5)2)9(12)13-11/h3-4H,11H2,1-2H3. The van der Waals surface area contributed by atoms with E-state index in [2.05, 4.69) is 20.8 Å². The van der Waals surface area contributed by atoms with Gasteiger partial charge in [-0.15, -0.1) is 0 Å². The van der Waals surface area contributed by atoms with Crippen LogP contribution in [-0.4, -0.2) is 5.97 Å². The zero-order valence-corrected chi connectivity index (χ0v) is 9.01. The summed E-state index contributed by atoms with van der Waals surface area (Å²) in [5.74, 6) is 4.30. The predicted octanol–water partition coefficient (Wildman–Crippen LogP) is 2.10. The van der Waals surface area contributed by atoms with Crippen LogP contribution in [0.1, 0.15) is 21.5 Å². The number of aryl methyl sites for hydroxylation is 1. The Morgan fingerprint density at radius 3 is 2.62 bits per heavy atom. The Balaban J connectivity index is 3.28. The summed E-state index contributed by atoms with van der Waals surface area (Å²) in [4.78, 5) is 15.3. The van der Waals surface area contributed by atoms with Gasteiger partial charge in [-0.05, 0) is 37.1 Å². The highest BCUT2D eigenvalue weighted by atomic mass is 79.9. The Labute approximate surface area is 85.0 Å². The highest BCUT2D eigenvalue weighted by molar-refractivity contribution is 9.10. The van der Waals surface area contributed by atoms with Crippen molar-refractivity contribution in [2.75, 3.05) is 0 Å². The average Bonchev–Trinajstić information content (AvgIpc) is 2.10. The molecule has 0 atom stereocenters. The maximum absolute atomic E-state index is 11.2. The predicted molar refractivity (Wildman–Crippen MR) is 53.2 cm³/mol. The van der Waals surface area contributed by atoms with Crippen molar-refractivity contribution in [3.05, 3.63) is 33.3 Å². The van der Waals surface area contributed by atoms with Crippen molar-refractivity contribution in [1.29, 1.82) is 0 Å². The van der Waals surface area contributed by atoms with E-state index >= 15 is 0 Å². The van der Waals surface area contributed by atoms with Crippen LogP contribution in [0.25, 0.3) is 0 Å². The van der Waals surface area contributed by atoms with Gasteiger partial charge in [-0.1, -0.05) is 15.9 Å². The Hall–Kier alpha value is -0.870. The van der Waals surface area contributed by atoms with Crippen molar-refractivity contribution in [2.45, 2.75) is 13.8 Å². The van der Waals surface area contributed by atoms with Crippen LogP contribution in [0, 0.1) is 13.8 Å². The van der Waals surface area contributed by atoms with Crippen molar-refractivity contribution >= 4 is 21.9 Å². The molecule has 0 saturated heterocycles. The van der Waals surface area contributed by atoms with Crippen LogP contribution >= 0.6 is 15.9 Å².